The summed E-state index contributed by atoms with van der Waals surface area (Å²) in [7, 11) is 0. The van der Waals surface area contributed by atoms with Gasteiger partial charge in [-0.3, -0.25) is 9.59 Å². The van der Waals surface area contributed by atoms with Crippen LogP contribution in [-0.4, -0.2) is 22.8 Å². The number of fused-ring (bicyclic) bond motifs is 1. The lowest BCUT2D eigenvalue weighted by Crippen LogP contribution is -2.45. The molecule has 0 saturated carbocycles. The number of rotatable bonds is 6. The second-order valence-electron chi connectivity index (χ2n) is 5.38. The highest BCUT2D eigenvalue weighted by Crippen LogP contribution is 2.19. The summed E-state index contributed by atoms with van der Waals surface area (Å²) in [6.07, 6.45) is 6.50. The van der Waals surface area contributed by atoms with Gasteiger partial charge in [0.1, 0.15) is 11.8 Å². The van der Waals surface area contributed by atoms with E-state index in [1.54, 1.807) is 12.1 Å². The Morgan fingerprint density at radius 2 is 2.08 bits per heavy atom. The predicted octanol–water partition coefficient (Wildman–Crippen LogP) is 1.99. The van der Waals surface area contributed by atoms with Crippen molar-refractivity contribution in [1.82, 2.24) is 10.3 Å². The van der Waals surface area contributed by atoms with Gasteiger partial charge in [0, 0.05) is 29.6 Å². The van der Waals surface area contributed by atoms with Gasteiger partial charge in [-0.25, -0.2) is 0 Å². The number of H-pyrrole nitrogens is 1. The van der Waals surface area contributed by atoms with Crippen molar-refractivity contribution in [1.29, 1.82) is 0 Å². The van der Waals surface area contributed by atoms with Crippen molar-refractivity contribution in [3.05, 3.63) is 66.3 Å². The number of hydrogen-bond acceptors (Lipinski definition) is 3. The van der Waals surface area contributed by atoms with E-state index in [0.29, 0.717) is 12.2 Å². The molecule has 0 radical (unpaired) electrons. The molecule has 0 saturated heterocycles. The molecule has 1 atom stereocenters. The monoisotopic (exact) mass is 323 g/mol. The van der Waals surface area contributed by atoms with Gasteiger partial charge in [0.2, 0.25) is 11.8 Å². The van der Waals surface area contributed by atoms with Crippen molar-refractivity contribution < 1.29 is 14.0 Å². The minimum absolute atomic E-state index is 0.319. The lowest BCUT2D eigenvalue weighted by Gasteiger charge is -2.13. The zero-order valence-electron chi connectivity index (χ0n) is 12.9. The largest absolute Gasteiger partial charge is 0.465 e. The molecule has 6 nitrogen and oxygen atoms in total. The molecule has 0 aliphatic carbocycles. The van der Waals surface area contributed by atoms with Crippen molar-refractivity contribution in [3.63, 3.8) is 0 Å². The molecule has 1 aromatic carbocycles. The molecule has 1 unspecified atom stereocenters. The van der Waals surface area contributed by atoms with Crippen LogP contribution in [0.15, 0.2) is 59.4 Å². The summed E-state index contributed by atoms with van der Waals surface area (Å²) in [5, 5.41) is 3.63. The molecule has 24 heavy (non-hydrogen) atoms. The van der Waals surface area contributed by atoms with Gasteiger partial charge in [-0.1, -0.05) is 18.2 Å². The first-order chi connectivity index (χ1) is 11.6. The molecule has 0 spiro atoms. The highest BCUT2D eigenvalue weighted by Gasteiger charge is 2.19. The van der Waals surface area contributed by atoms with Gasteiger partial charge >= 0.3 is 0 Å². The van der Waals surface area contributed by atoms with Crippen molar-refractivity contribution >= 4 is 28.8 Å². The summed E-state index contributed by atoms with van der Waals surface area (Å²) in [4.78, 5) is 26.8. The highest BCUT2D eigenvalue weighted by molar-refractivity contribution is 5.95. The molecule has 0 aliphatic heterocycles. The second-order valence-corrected chi connectivity index (χ2v) is 5.38. The van der Waals surface area contributed by atoms with Gasteiger partial charge < -0.3 is 20.5 Å². The second kappa shape index (κ2) is 6.87. The smallest absolute Gasteiger partial charge is 0.244 e. The van der Waals surface area contributed by atoms with Crippen LogP contribution in [0.4, 0.5) is 0 Å². The van der Waals surface area contributed by atoms with Crippen LogP contribution < -0.4 is 11.1 Å². The van der Waals surface area contributed by atoms with Gasteiger partial charge in [0.15, 0.2) is 0 Å². The number of aromatic nitrogens is 1. The molecular formula is C18H17N3O3. The molecule has 122 valence electrons. The Morgan fingerprint density at radius 3 is 2.83 bits per heavy atom. The lowest BCUT2D eigenvalue weighted by atomic mass is 10.0. The summed E-state index contributed by atoms with van der Waals surface area (Å²) in [5.41, 5.74) is 7.32. The maximum atomic E-state index is 12.0. The van der Waals surface area contributed by atoms with E-state index in [9.17, 15) is 9.59 Å². The fourth-order valence-corrected chi connectivity index (χ4v) is 2.51. The van der Waals surface area contributed by atoms with E-state index >= 15 is 0 Å². The van der Waals surface area contributed by atoms with Crippen molar-refractivity contribution in [3.8, 4) is 0 Å². The fraction of sp³-hybridized carbons (Fsp3) is 0.111. The van der Waals surface area contributed by atoms with Crippen LogP contribution in [0, 0.1) is 0 Å². The maximum absolute atomic E-state index is 12.0. The topological polar surface area (TPSA) is 101 Å². The Labute approximate surface area is 138 Å². The minimum atomic E-state index is -0.794. The third-order valence-electron chi connectivity index (χ3n) is 3.70. The van der Waals surface area contributed by atoms with Gasteiger partial charge in [-0.15, -0.1) is 0 Å². The lowest BCUT2D eigenvalue weighted by molar-refractivity contribution is -0.124. The molecule has 3 aromatic rings. The van der Waals surface area contributed by atoms with Crippen LogP contribution in [0.2, 0.25) is 0 Å². The number of benzene rings is 1. The summed E-state index contributed by atoms with van der Waals surface area (Å²) in [6.45, 7) is 0. The molecule has 0 fully saturated rings. The summed E-state index contributed by atoms with van der Waals surface area (Å²) >= 11 is 0. The van der Waals surface area contributed by atoms with E-state index in [1.165, 1.54) is 18.4 Å². The molecule has 2 heterocycles. The number of primary amides is 1. The Bertz CT molecular complexity index is 878. The number of hydrogen-bond donors (Lipinski definition) is 3. The van der Waals surface area contributed by atoms with Gasteiger partial charge in [0.25, 0.3) is 0 Å². The molecule has 6 heteroatoms. The summed E-state index contributed by atoms with van der Waals surface area (Å²) in [6, 6.07) is 10.4. The van der Waals surface area contributed by atoms with E-state index < -0.39 is 17.9 Å². The van der Waals surface area contributed by atoms with Crippen molar-refractivity contribution in [2.75, 3.05) is 0 Å². The van der Waals surface area contributed by atoms with Crippen LogP contribution in [0.1, 0.15) is 11.3 Å². The first-order valence-corrected chi connectivity index (χ1v) is 7.50. The van der Waals surface area contributed by atoms with E-state index in [-0.39, 0.29) is 0 Å². The maximum Gasteiger partial charge on any atom is 0.244 e. The highest BCUT2D eigenvalue weighted by atomic mass is 16.3. The number of carbonyl (C=O) groups excluding carboxylic acids is 2. The summed E-state index contributed by atoms with van der Waals surface area (Å²) < 4.78 is 5.11. The number of amides is 2. The Kier molecular flexibility index (Phi) is 4.47. The Morgan fingerprint density at radius 1 is 1.25 bits per heavy atom. The van der Waals surface area contributed by atoms with Gasteiger partial charge in [-0.2, -0.15) is 0 Å². The predicted molar refractivity (Wildman–Crippen MR) is 90.9 cm³/mol. The van der Waals surface area contributed by atoms with Gasteiger partial charge in [0.05, 0.1) is 6.26 Å². The first kappa shape index (κ1) is 15.6. The zero-order valence-corrected chi connectivity index (χ0v) is 12.9. The van der Waals surface area contributed by atoms with Crippen molar-refractivity contribution in [2.24, 2.45) is 5.73 Å². The number of carbonyl (C=O) groups is 2. The van der Waals surface area contributed by atoms with E-state index in [4.69, 9.17) is 10.2 Å². The standard InChI is InChI=1S/C18H17N3O3/c19-18(23)16(21-17(22)8-7-13-4-3-9-24-13)10-12-11-20-15-6-2-1-5-14(12)15/h1-9,11,16,20H,10H2,(H2,19,23)(H,21,22)/b8-7+. The van der Waals surface area contributed by atoms with Crippen LogP contribution in [0.25, 0.3) is 17.0 Å². The molecule has 0 aliphatic rings. The number of aromatic amines is 1. The first-order valence-electron chi connectivity index (χ1n) is 7.50. The van der Waals surface area contributed by atoms with Crippen LogP contribution in [-0.2, 0) is 16.0 Å². The number of nitrogens with two attached hydrogens (primary N) is 1. The number of para-hydroxylation sites is 1. The minimum Gasteiger partial charge on any atom is -0.465 e. The quantitative estimate of drug-likeness (QED) is 0.605. The SMILES string of the molecule is NC(=O)C(Cc1c[nH]c2ccccc12)NC(=O)/C=C/c1ccco1. The number of furan rings is 1. The molecule has 2 aromatic heterocycles. The third kappa shape index (κ3) is 3.55. The molecule has 3 rings (SSSR count). The molecular weight excluding hydrogens is 306 g/mol. The average Bonchev–Trinajstić information content (AvgIpc) is 3.22. The molecule has 2 amide bonds. The summed E-state index contributed by atoms with van der Waals surface area (Å²) in [5.74, 6) is -0.438. The van der Waals surface area contributed by atoms with Crippen LogP contribution in [0.3, 0.4) is 0 Å². The van der Waals surface area contributed by atoms with E-state index in [2.05, 4.69) is 10.3 Å². The van der Waals surface area contributed by atoms with Crippen molar-refractivity contribution in [2.45, 2.75) is 12.5 Å². The van der Waals surface area contributed by atoms with E-state index in [0.717, 1.165) is 16.5 Å². The van der Waals surface area contributed by atoms with Gasteiger partial charge in [-0.05, 0) is 29.8 Å². The normalized spacial score (nSPS) is 12.5. The number of nitrogens with one attached hydrogen (secondary N) is 2. The van der Waals surface area contributed by atoms with Crippen LogP contribution in [0.5, 0.6) is 0 Å². The zero-order chi connectivity index (χ0) is 16.9. The average molecular weight is 323 g/mol. The Hall–Kier alpha value is -3.28. The Balaban J connectivity index is 1.71. The molecule has 4 N–H and O–H groups in total. The van der Waals surface area contributed by atoms with E-state index in [1.807, 2.05) is 30.5 Å². The van der Waals surface area contributed by atoms with Crippen LogP contribution >= 0.6 is 0 Å². The third-order valence-corrected chi connectivity index (χ3v) is 3.70. The fourth-order valence-electron chi connectivity index (χ4n) is 2.51. The molecule has 0 bridgehead atoms.